The second-order valence-electron chi connectivity index (χ2n) is 14.1. The lowest BCUT2D eigenvalue weighted by molar-refractivity contribution is 1.18. The average Bonchev–Trinajstić information content (AvgIpc) is 3.74. The van der Waals surface area contributed by atoms with Gasteiger partial charge in [0.25, 0.3) is 0 Å². The average molecular weight is 691 g/mol. The fraction of sp³-hybridized carbons (Fsp3) is 0. The van der Waals surface area contributed by atoms with E-state index in [1.54, 1.807) is 0 Å². The Labute approximate surface area is 310 Å². The Morgan fingerprint density at radius 3 is 1.77 bits per heavy atom. The number of fused-ring (bicyclic) bond motifs is 11. The van der Waals surface area contributed by atoms with Gasteiger partial charge in [0.1, 0.15) is 0 Å². The van der Waals surface area contributed by atoms with Crippen LogP contribution in [0.2, 0.25) is 0 Å². The summed E-state index contributed by atoms with van der Waals surface area (Å²) in [6.07, 6.45) is 0. The van der Waals surface area contributed by atoms with E-state index in [1.807, 2.05) is 11.8 Å². The molecule has 3 heterocycles. The second kappa shape index (κ2) is 11.0. The van der Waals surface area contributed by atoms with Crippen LogP contribution in [0.15, 0.2) is 192 Å². The molecule has 0 bridgehead atoms. The summed E-state index contributed by atoms with van der Waals surface area (Å²) in [6, 6.07) is 67.1. The predicted octanol–water partition coefficient (Wildman–Crippen LogP) is 14.0. The number of aromatic nitrogens is 2. The van der Waals surface area contributed by atoms with Gasteiger partial charge in [-0.3, -0.25) is 0 Å². The highest BCUT2D eigenvalue weighted by Gasteiger charge is 2.25. The van der Waals surface area contributed by atoms with Crippen LogP contribution < -0.4 is 0 Å². The van der Waals surface area contributed by atoms with Crippen LogP contribution in [0.25, 0.3) is 98.8 Å². The first kappa shape index (κ1) is 29.1. The van der Waals surface area contributed by atoms with Crippen LogP contribution in [0.5, 0.6) is 0 Å². The zero-order valence-corrected chi connectivity index (χ0v) is 29.4. The molecule has 1 aliphatic rings. The largest absolute Gasteiger partial charge is 0.309 e. The van der Waals surface area contributed by atoms with E-state index in [9.17, 15) is 0 Å². The van der Waals surface area contributed by atoms with E-state index in [1.165, 1.54) is 109 Å². The minimum absolute atomic E-state index is 1.18. The van der Waals surface area contributed by atoms with Crippen LogP contribution in [0.3, 0.4) is 0 Å². The molecule has 9 aromatic carbocycles. The second-order valence-corrected chi connectivity index (χ2v) is 15.2. The number of nitrogens with zero attached hydrogens (tertiary/aromatic N) is 2. The van der Waals surface area contributed by atoms with Gasteiger partial charge in [0.05, 0.1) is 22.1 Å². The maximum Gasteiger partial charge on any atom is 0.0558 e. The monoisotopic (exact) mass is 690 g/mol. The highest BCUT2D eigenvalue weighted by atomic mass is 32.2. The van der Waals surface area contributed by atoms with E-state index >= 15 is 0 Å². The van der Waals surface area contributed by atoms with Crippen LogP contribution in [-0.4, -0.2) is 9.13 Å². The molecule has 11 aromatic rings. The standard InChI is InChI=1S/C50H30N2S/c1-3-13-34(14-4-1)51-43-25-23-32(29-41(43)48-36-17-8-7-12-31(36)22-26-44(48)51)33-24-27-46-40(28-33)37-19-11-20-39-49-38-18-9-10-21-42(38)52(35-15-5-2-6-16-35)45(49)30-47(53-46)50(37)39/h1-30H. The molecule has 2 aromatic heterocycles. The number of para-hydroxylation sites is 3. The molecule has 1 aliphatic heterocycles. The van der Waals surface area contributed by atoms with Crippen molar-refractivity contribution < 1.29 is 0 Å². The molecule has 0 unspecified atom stereocenters. The molecule has 0 aliphatic carbocycles. The van der Waals surface area contributed by atoms with Crippen LogP contribution in [0.4, 0.5) is 0 Å². The van der Waals surface area contributed by atoms with Crippen LogP contribution in [-0.2, 0) is 0 Å². The summed E-state index contributed by atoms with van der Waals surface area (Å²) in [5.41, 5.74) is 12.4. The van der Waals surface area contributed by atoms with Crippen molar-refractivity contribution in [2.45, 2.75) is 9.79 Å². The van der Waals surface area contributed by atoms with Crippen molar-refractivity contribution in [3.05, 3.63) is 182 Å². The van der Waals surface area contributed by atoms with Gasteiger partial charge in [-0.05, 0) is 105 Å². The van der Waals surface area contributed by atoms with E-state index in [0.717, 1.165) is 0 Å². The van der Waals surface area contributed by atoms with Crippen LogP contribution in [0, 0.1) is 0 Å². The molecule has 0 saturated carbocycles. The number of benzene rings is 9. The summed E-state index contributed by atoms with van der Waals surface area (Å²) in [5, 5.41) is 10.4. The van der Waals surface area contributed by atoms with Gasteiger partial charge in [-0.2, -0.15) is 0 Å². The van der Waals surface area contributed by atoms with Crippen LogP contribution >= 0.6 is 11.8 Å². The van der Waals surface area contributed by atoms with Crippen molar-refractivity contribution in [1.29, 1.82) is 0 Å². The molecular weight excluding hydrogens is 661 g/mol. The Morgan fingerprint density at radius 1 is 0.321 bits per heavy atom. The number of hydrogen-bond donors (Lipinski definition) is 0. The molecule has 0 fully saturated rings. The summed E-state index contributed by atoms with van der Waals surface area (Å²) < 4.78 is 4.85. The van der Waals surface area contributed by atoms with Gasteiger partial charge < -0.3 is 9.13 Å². The zero-order valence-electron chi connectivity index (χ0n) is 28.6. The molecule has 0 atom stereocenters. The minimum atomic E-state index is 1.18. The SMILES string of the molecule is c1ccc(-n2c3ccc(-c4ccc5c(c4)-c4cccc6c4c(cc4c6c6ccccc6n4-c4ccccc4)S5)cc3c3c4ccccc4ccc32)cc1. The van der Waals surface area contributed by atoms with Gasteiger partial charge in [-0.1, -0.05) is 127 Å². The van der Waals surface area contributed by atoms with Gasteiger partial charge in [0, 0.05) is 48.1 Å². The van der Waals surface area contributed by atoms with Gasteiger partial charge >= 0.3 is 0 Å². The molecule has 53 heavy (non-hydrogen) atoms. The number of hydrogen-bond acceptors (Lipinski definition) is 1. The quantitative estimate of drug-likeness (QED) is 0.179. The molecule has 0 saturated heterocycles. The van der Waals surface area contributed by atoms with E-state index in [4.69, 9.17) is 0 Å². The summed E-state index contributed by atoms with van der Waals surface area (Å²) in [4.78, 5) is 2.61. The molecule has 3 heteroatoms. The number of rotatable bonds is 3. The van der Waals surface area contributed by atoms with E-state index in [0.29, 0.717) is 0 Å². The lowest BCUT2D eigenvalue weighted by Gasteiger charge is -2.22. The van der Waals surface area contributed by atoms with Gasteiger partial charge in [0.2, 0.25) is 0 Å². The lowest BCUT2D eigenvalue weighted by atomic mass is 9.92. The van der Waals surface area contributed by atoms with E-state index in [-0.39, 0.29) is 0 Å². The first-order chi connectivity index (χ1) is 26.3. The van der Waals surface area contributed by atoms with Crippen molar-refractivity contribution in [2.75, 3.05) is 0 Å². The lowest BCUT2D eigenvalue weighted by Crippen LogP contribution is -1.96. The molecule has 0 N–H and O–H groups in total. The highest BCUT2D eigenvalue weighted by Crippen LogP contribution is 2.52. The van der Waals surface area contributed by atoms with Crippen molar-refractivity contribution in [3.8, 4) is 33.6 Å². The van der Waals surface area contributed by atoms with E-state index in [2.05, 4.69) is 191 Å². The molecule has 12 rings (SSSR count). The normalized spacial score (nSPS) is 12.5. The third kappa shape index (κ3) is 4.11. The van der Waals surface area contributed by atoms with Gasteiger partial charge in [0.15, 0.2) is 0 Å². The van der Waals surface area contributed by atoms with Crippen molar-refractivity contribution in [2.24, 2.45) is 0 Å². The van der Waals surface area contributed by atoms with Crippen molar-refractivity contribution >= 4 is 76.9 Å². The smallest absolute Gasteiger partial charge is 0.0558 e. The molecule has 0 amide bonds. The summed E-state index contributed by atoms with van der Waals surface area (Å²) in [6.45, 7) is 0. The third-order valence-corrected chi connectivity index (χ3v) is 12.4. The van der Waals surface area contributed by atoms with Crippen LogP contribution in [0.1, 0.15) is 0 Å². The Balaban J connectivity index is 1.08. The fourth-order valence-corrected chi connectivity index (χ4v) is 10.2. The fourth-order valence-electron chi connectivity index (χ4n) is 9.01. The Bertz CT molecular complexity index is 3300. The van der Waals surface area contributed by atoms with Gasteiger partial charge in [-0.25, -0.2) is 0 Å². The molecular formula is C50H30N2S. The predicted molar refractivity (Wildman–Crippen MR) is 225 cm³/mol. The minimum Gasteiger partial charge on any atom is -0.309 e. The van der Waals surface area contributed by atoms with Crippen molar-refractivity contribution in [3.63, 3.8) is 0 Å². The first-order valence-electron chi connectivity index (χ1n) is 18.2. The Hall–Kier alpha value is -6.55. The maximum absolute atomic E-state index is 2.43. The summed E-state index contributed by atoms with van der Waals surface area (Å²) in [5.74, 6) is 0. The molecule has 0 spiro atoms. The first-order valence-corrected chi connectivity index (χ1v) is 19.0. The zero-order chi connectivity index (χ0) is 34.6. The third-order valence-electron chi connectivity index (χ3n) is 11.3. The summed E-state index contributed by atoms with van der Waals surface area (Å²) >= 11 is 1.90. The van der Waals surface area contributed by atoms with Crippen molar-refractivity contribution in [1.82, 2.24) is 9.13 Å². The van der Waals surface area contributed by atoms with E-state index < -0.39 is 0 Å². The Morgan fingerprint density at radius 2 is 0.943 bits per heavy atom. The van der Waals surface area contributed by atoms with Gasteiger partial charge in [-0.15, -0.1) is 0 Å². The topological polar surface area (TPSA) is 9.86 Å². The maximum atomic E-state index is 2.43. The molecule has 2 nitrogen and oxygen atoms in total. The molecule has 0 radical (unpaired) electrons. The Kier molecular flexibility index (Phi) is 6.02. The highest BCUT2D eigenvalue weighted by molar-refractivity contribution is 7.99. The molecule has 246 valence electrons. The summed E-state index contributed by atoms with van der Waals surface area (Å²) in [7, 11) is 0.